The summed E-state index contributed by atoms with van der Waals surface area (Å²) in [6, 6.07) is 1.91. The highest BCUT2D eigenvalue weighted by molar-refractivity contribution is 7.10. The molecule has 8 nitrogen and oxygen atoms in total. The number of amides is 2. The van der Waals surface area contributed by atoms with E-state index in [1.54, 1.807) is 13.8 Å². The van der Waals surface area contributed by atoms with E-state index in [0.29, 0.717) is 0 Å². The summed E-state index contributed by atoms with van der Waals surface area (Å²) in [6.07, 6.45) is -0.965. The van der Waals surface area contributed by atoms with Crippen molar-refractivity contribution < 1.29 is 29.3 Å². The Kier molecular flexibility index (Phi) is 7.73. The first-order valence-electron chi connectivity index (χ1n) is 9.00. The topological polar surface area (TPSA) is 125 Å². The van der Waals surface area contributed by atoms with E-state index in [1.807, 2.05) is 17.5 Å². The predicted molar refractivity (Wildman–Crippen MR) is 103 cm³/mol. The molecule has 0 spiro atoms. The van der Waals surface area contributed by atoms with Crippen LogP contribution >= 0.6 is 11.3 Å². The average molecular weight is 410 g/mol. The number of aliphatic hydroxyl groups is 2. The van der Waals surface area contributed by atoms with Crippen LogP contribution in [0.15, 0.2) is 29.2 Å². The van der Waals surface area contributed by atoms with Crippen LogP contribution in [0.2, 0.25) is 0 Å². The highest BCUT2D eigenvalue weighted by Gasteiger charge is 2.35. The van der Waals surface area contributed by atoms with Crippen LogP contribution in [0.3, 0.4) is 0 Å². The lowest BCUT2D eigenvalue weighted by atomic mass is 9.89. The smallest absolute Gasteiger partial charge is 0.328 e. The van der Waals surface area contributed by atoms with Crippen LogP contribution in [0.1, 0.15) is 25.1 Å². The van der Waals surface area contributed by atoms with E-state index < -0.39 is 36.2 Å². The second kappa shape index (κ2) is 9.81. The Bertz CT molecular complexity index is 731. The van der Waals surface area contributed by atoms with Crippen molar-refractivity contribution in [3.63, 3.8) is 0 Å². The molecule has 2 amide bonds. The third kappa shape index (κ3) is 5.63. The van der Waals surface area contributed by atoms with Gasteiger partial charge in [-0.1, -0.05) is 26.0 Å². The first-order valence-corrected chi connectivity index (χ1v) is 9.88. The van der Waals surface area contributed by atoms with Gasteiger partial charge >= 0.3 is 5.97 Å². The first kappa shape index (κ1) is 22.1. The van der Waals surface area contributed by atoms with E-state index >= 15 is 0 Å². The fraction of sp³-hybridized carbons (Fsp3) is 0.526. The molecule has 0 fully saturated rings. The van der Waals surface area contributed by atoms with Crippen molar-refractivity contribution in [1.82, 2.24) is 10.6 Å². The van der Waals surface area contributed by atoms with Gasteiger partial charge in [-0.2, -0.15) is 0 Å². The van der Waals surface area contributed by atoms with Gasteiger partial charge in [-0.3, -0.25) is 9.59 Å². The third-order valence-electron chi connectivity index (χ3n) is 4.51. The van der Waals surface area contributed by atoms with Crippen molar-refractivity contribution in [3.05, 3.63) is 34.0 Å². The fourth-order valence-corrected chi connectivity index (χ4v) is 3.63. The van der Waals surface area contributed by atoms with Gasteiger partial charge in [-0.15, -0.1) is 11.3 Å². The molecule has 0 saturated carbocycles. The molecule has 28 heavy (non-hydrogen) atoms. The molecule has 0 radical (unpaired) electrons. The van der Waals surface area contributed by atoms with Gasteiger partial charge in [0.05, 0.1) is 25.7 Å². The number of carbonyl (C=O) groups is 3. The van der Waals surface area contributed by atoms with E-state index in [9.17, 15) is 24.6 Å². The Morgan fingerprint density at radius 2 is 2.04 bits per heavy atom. The normalized spacial score (nSPS) is 22.9. The summed E-state index contributed by atoms with van der Waals surface area (Å²) in [4.78, 5) is 37.5. The Morgan fingerprint density at radius 1 is 1.32 bits per heavy atom. The van der Waals surface area contributed by atoms with Gasteiger partial charge in [-0.25, -0.2) is 4.79 Å². The van der Waals surface area contributed by atoms with Gasteiger partial charge in [0.2, 0.25) is 11.8 Å². The van der Waals surface area contributed by atoms with E-state index in [-0.39, 0.29) is 30.2 Å². The number of carbonyl (C=O) groups excluding carboxylic acids is 3. The van der Waals surface area contributed by atoms with Gasteiger partial charge < -0.3 is 25.6 Å². The zero-order chi connectivity index (χ0) is 20.8. The fourth-order valence-electron chi connectivity index (χ4n) is 2.93. The number of hydrogen-bond donors (Lipinski definition) is 4. The number of methoxy groups -OCH3 is 1. The SMILES string of the molecule is COC(=O)C(NC(=O)C1=CC(NC(=O)Cc2cccs2)C(O)C(O)C1)C(C)C. The molecule has 4 unspecified atom stereocenters. The lowest BCUT2D eigenvalue weighted by Gasteiger charge is -2.31. The summed E-state index contributed by atoms with van der Waals surface area (Å²) in [6.45, 7) is 3.53. The van der Waals surface area contributed by atoms with Gasteiger partial charge in [0.15, 0.2) is 0 Å². The summed E-state index contributed by atoms with van der Waals surface area (Å²) in [5.41, 5.74) is 0.189. The number of esters is 1. The van der Waals surface area contributed by atoms with Crippen molar-refractivity contribution in [2.75, 3.05) is 7.11 Å². The monoisotopic (exact) mass is 410 g/mol. The van der Waals surface area contributed by atoms with Crippen molar-refractivity contribution in [2.45, 2.75) is 51.0 Å². The Balaban J connectivity index is 2.09. The number of nitrogens with one attached hydrogen (secondary N) is 2. The lowest BCUT2D eigenvalue weighted by Crippen LogP contribution is -2.52. The second-order valence-electron chi connectivity index (χ2n) is 7.02. The van der Waals surface area contributed by atoms with Crippen LogP contribution in [0.25, 0.3) is 0 Å². The molecule has 2 rings (SSSR count). The minimum atomic E-state index is -1.23. The number of thiophene rings is 1. The standard InChI is InChI=1S/C19H26N2O6S/c1-10(2)16(19(26)27-3)21-18(25)11-7-13(17(24)14(22)8-11)20-15(23)9-12-5-4-6-28-12/h4-7,10,13-14,16-17,22,24H,8-9H2,1-3H3,(H,20,23)(H,21,25). The predicted octanol–water partition coefficient (Wildman–Crippen LogP) is 0.141. The molecule has 0 bridgehead atoms. The van der Waals surface area contributed by atoms with Crippen LogP contribution < -0.4 is 10.6 Å². The van der Waals surface area contributed by atoms with Crippen LogP contribution in [-0.2, 0) is 25.5 Å². The number of hydrogen-bond acceptors (Lipinski definition) is 7. The summed E-state index contributed by atoms with van der Waals surface area (Å²) in [5, 5.41) is 27.4. The minimum absolute atomic E-state index is 0.0870. The summed E-state index contributed by atoms with van der Waals surface area (Å²) < 4.78 is 4.71. The van der Waals surface area contributed by atoms with E-state index in [0.717, 1.165) is 4.88 Å². The van der Waals surface area contributed by atoms with Crippen LogP contribution in [0.5, 0.6) is 0 Å². The number of rotatable bonds is 7. The molecular formula is C19H26N2O6S. The van der Waals surface area contributed by atoms with Gasteiger partial charge in [0.1, 0.15) is 12.1 Å². The highest BCUT2D eigenvalue weighted by Crippen LogP contribution is 2.21. The largest absolute Gasteiger partial charge is 0.467 e. The maximum Gasteiger partial charge on any atom is 0.328 e. The molecule has 0 aromatic carbocycles. The van der Waals surface area contributed by atoms with Crippen LogP contribution in [-0.4, -0.2) is 59.4 Å². The van der Waals surface area contributed by atoms with Crippen LogP contribution in [0.4, 0.5) is 0 Å². The quantitative estimate of drug-likeness (QED) is 0.474. The summed E-state index contributed by atoms with van der Waals surface area (Å²) >= 11 is 1.44. The molecule has 4 N–H and O–H groups in total. The van der Waals surface area contributed by atoms with Gasteiger partial charge in [0.25, 0.3) is 0 Å². The lowest BCUT2D eigenvalue weighted by molar-refractivity contribution is -0.146. The number of ether oxygens (including phenoxy) is 1. The van der Waals surface area contributed by atoms with Gasteiger partial charge in [0, 0.05) is 16.9 Å². The highest BCUT2D eigenvalue weighted by atomic mass is 32.1. The van der Waals surface area contributed by atoms with E-state index in [4.69, 9.17) is 4.74 Å². The zero-order valence-electron chi connectivity index (χ0n) is 16.0. The van der Waals surface area contributed by atoms with Crippen molar-refractivity contribution in [2.24, 2.45) is 5.92 Å². The zero-order valence-corrected chi connectivity index (χ0v) is 16.9. The van der Waals surface area contributed by atoms with Crippen LogP contribution in [0, 0.1) is 5.92 Å². The minimum Gasteiger partial charge on any atom is -0.467 e. The van der Waals surface area contributed by atoms with E-state index in [2.05, 4.69) is 10.6 Å². The third-order valence-corrected chi connectivity index (χ3v) is 5.39. The molecule has 0 saturated heterocycles. The van der Waals surface area contributed by atoms with Crippen molar-refractivity contribution in [1.29, 1.82) is 0 Å². The maximum absolute atomic E-state index is 12.6. The molecule has 9 heteroatoms. The maximum atomic E-state index is 12.6. The Morgan fingerprint density at radius 3 is 2.61 bits per heavy atom. The Hall–Kier alpha value is -2.23. The molecule has 1 aliphatic carbocycles. The molecule has 154 valence electrons. The molecular weight excluding hydrogens is 384 g/mol. The molecule has 4 atom stereocenters. The molecule has 0 aliphatic heterocycles. The summed E-state index contributed by atoms with van der Waals surface area (Å²) in [7, 11) is 1.24. The molecule has 1 heterocycles. The van der Waals surface area contributed by atoms with E-state index in [1.165, 1.54) is 24.5 Å². The molecule has 1 aromatic heterocycles. The van der Waals surface area contributed by atoms with Crippen molar-refractivity contribution in [3.8, 4) is 0 Å². The van der Waals surface area contributed by atoms with Crippen molar-refractivity contribution >= 4 is 29.1 Å². The second-order valence-corrected chi connectivity index (χ2v) is 8.05. The molecule has 1 aromatic rings. The van der Waals surface area contributed by atoms with Gasteiger partial charge in [-0.05, 0) is 17.4 Å². The Labute approximate surface area is 167 Å². The summed E-state index contributed by atoms with van der Waals surface area (Å²) in [5.74, 6) is -1.64. The average Bonchev–Trinajstić information content (AvgIpc) is 3.14. The first-order chi connectivity index (χ1) is 13.2. The molecule has 1 aliphatic rings. The number of aliphatic hydroxyl groups excluding tert-OH is 2.